The maximum Gasteiger partial charge on any atom is 0.411 e. The first kappa shape index (κ1) is 13.6. The average molecular weight is 252 g/mol. The number of nitrogens with zero attached hydrogens (tertiary/aromatic N) is 2. The van der Waals surface area contributed by atoms with Gasteiger partial charge >= 0.3 is 6.09 Å². The van der Waals surface area contributed by atoms with E-state index in [1.54, 1.807) is 13.0 Å². The molecular weight excluding hydrogens is 242 g/mol. The molecule has 0 unspecified atom stereocenters. The Morgan fingerprint density at radius 3 is 2.67 bits per heavy atom. The summed E-state index contributed by atoms with van der Waals surface area (Å²) in [4.78, 5) is 11.8. The van der Waals surface area contributed by atoms with Crippen molar-refractivity contribution in [2.24, 2.45) is 0 Å². The molecular formula is C12H10F2N2O2. The zero-order valence-electron chi connectivity index (χ0n) is 9.52. The molecule has 1 aromatic carbocycles. The Morgan fingerprint density at radius 2 is 2.22 bits per heavy atom. The van der Waals surface area contributed by atoms with Crippen LogP contribution in [0, 0.1) is 23.0 Å². The Labute approximate surface area is 102 Å². The summed E-state index contributed by atoms with van der Waals surface area (Å²) >= 11 is 0. The van der Waals surface area contributed by atoms with Gasteiger partial charge in [0.2, 0.25) is 0 Å². The average Bonchev–Trinajstić information content (AvgIpc) is 2.28. The van der Waals surface area contributed by atoms with E-state index >= 15 is 0 Å². The number of nitriles is 1. The minimum absolute atomic E-state index is 0.0413. The van der Waals surface area contributed by atoms with Crippen molar-refractivity contribution in [2.75, 3.05) is 6.54 Å². The van der Waals surface area contributed by atoms with Crippen LogP contribution in [0.2, 0.25) is 0 Å². The third-order valence-corrected chi connectivity index (χ3v) is 2.25. The van der Waals surface area contributed by atoms with Gasteiger partial charge in [0.05, 0.1) is 11.8 Å². The fourth-order valence-corrected chi connectivity index (χ4v) is 1.47. The Morgan fingerprint density at radius 1 is 1.56 bits per heavy atom. The SMILES string of the molecule is CCN(C(=O)O)C(=CC#N)c1ccc(F)cc1F. The summed E-state index contributed by atoms with van der Waals surface area (Å²) in [6.45, 7) is 1.58. The normalized spacial score (nSPS) is 10.9. The van der Waals surface area contributed by atoms with Crippen LogP contribution in [0.15, 0.2) is 24.3 Å². The summed E-state index contributed by atoms with van der Waals surface area (Å²) in [5, 5.41) is 17.6. The van der Waals surface area contributed by atoms with E-state index in [1.807, 2.05) is 0 Å². The maximum atomic E-state index is 13.6. The van der Waals surface area contributed by atoms with E-state index < -0.39 is 17.7 Å². The molecule has 0 spiro atoms. The minimum Gasteiger partial charge on any atom is -0.465 e. The Kier molecular flexibility index (Phi) is 4.38. The Bertz CT molecular complexity index is 535. The molecule has 0 aromatic heterocycles. The van der Waals surface area contributed by atoms with Crippen LogP contribution in [0.1, 0.15) is 12.5 Å². The van der Waals surface area contributed by atoms with Crippen LogP contribution in [0.25, 0.3) is 5.70 Å². The Balaban J connectivity index is 3.34. The summed E-state index contributed by atoms with van der Waals surface area (Å²) in [5.41, 5.74) is -0.257. The monoisotopic (exact) mass is 252 g/mol. The smallest absolute Gasteiger partial charge is 0.411 e. The molecule has 0 atom stereocenters. The Hall–Kier alpha value is -2.42. The molecule has 0 bridgehead atoms. The van der Waals surface area contributed by atoms with Crippen LogP contribution < -0.4 is 0 Å². The number of benzene rings is 1. The quantitative estimate of drug-likeness (QED) is 0.841. The molecule has 1 rings (SSSR count). The largest absolute Gasteiger partial charge is 0.465 e. The van der Waals surface area contributed by atoms with Gasteiger partial charge in [0.1, 0.15) is 11.6 Å². The van der Waals surface area contributed by atoms with Gasteiger partial charge in [-0.25, -0.2) is 13.6 Å². The summed E-state index contributed by atoms with van der Waals surface area (Å²) in [5.74, 6) is -1.69. The van der Waals surface area contributed by atoms with Crippen LogP contribution in [0.3, 0.4) is 0 Å². The van der Waals surface area contributed by atoms with Gasteiger partial charge < -0.3 is 5.11 Å². The lowest BCUT2D eigenvalue weighted by atomic mass is 10.1. The molecule has 0 saturated heterocycles. The van der Waals surface area contributed by atoms with E-state index in [0.29, 0.717) is 6.07 Å². The predicted octanol–water partition coefficient (Wildman–Crippen LogP) is 2.83. The first-order valence-electron chi connectivity index (χ1n) is 5.07. The number of amides is 1. The van der Waals surface area contributed by atoms with Crippen molar-refractivity contribution >= 4 is 11.8 Å². The molecule has 1 N–H and O–H groups in total. The lowest BCUT2D eigenvalue weighted by Gasteiger charge is -2.20. The van der Waals surface area contributed by atoms with Crippen LogP contribution in [-0.2, 0) is 0 Å². The van der Waals surface area contributed by atoms with Crippen molar-refractivity contribution < 1.29 is 18.7 Å². The third-order valence-electron chi connectivity index (χ3n) is 2.25. The molecule has 0 aliphatic carbocycles. The van der Waals surface area contributed by atoms with Crippen molar-refractivity contribution in [3.05, 3.63) is 41.5 Å². The molecule has 0 aliphatic heterocycles. The van der Waals surface area contributed by atoms with Crippen molar-refractivity contribution in [2.45, 2.75) is 6.92 Å². The molecule has 6 heteroatoms. The second kappa shape index (κ2) is 5.77. The summed E-state index contributed by atoms with van der Waals surface area (Å²) in [6.07, 6.45) is -0.406. The molecule has 94 valence electrons. The fraction of sp³-hybridized carbons (Fsp3) is 0.167. The highest BCUT2D eigenvalue weighted by molar-refractivity contribution is 5.81. The zero-order chi connectivity index (χ0) is 13.7. The first-order valence-corrected chi connectivity index (χ1v) is 5.07. The zero-order valence-corrected chi connectivity index (χ0v) is 9.52. The number of carboxylic acid groups (broad SMARTS) is 1. The van der Waals surface area contributed by atoms with Gasteiger partial charge in [-0.2, -0.15) is 5.26 Å². The molecule has 0 saturated carbocycles. The highest BCUT2D eigenvalue weighted by Gasteiger charge is 2.19. The van der Waals surface area contributed by atoms with Crippen molar-refractivity contribution in [3.8, 4) is 6.07 Å². The van der Waals surface area contributed by atoms with Gasteiger partial charge in [0.25, 0.3) is 0 Å². The summed E-state index contributed by atoms with van der Waals surface area (Å²) in [6, 6.07) is 4.38. The number of hydrogen-bond acceptors (Lipinski definition) is 2. The molecule has 0 heterocycles. The van der Waals surface area contributed by atoms with Crippen LogP contribution in [0.5, 0.6) is 0 Å². The van der Waals surface area contributed by atoms with E-state index in [9.17, 15) is 13.6 Å². The fourth-order valence-electron chi connectivity index (χ4n) is 1.47. The van der Waals surface area contributed by atoms with Crippen molar-refractivity contribution in [3.63, 3.8) is 0 Å². The van der Waals surface area contributed by atoms with E-state index in [-0.39, 0.29) is 17.8 Å². The predicted molar refractivity (Wildman–Crippen MR) is 60.4 cm³/mol. The van der Waals surface area contributed by atoms with Gasteiger partial charge in [-0.05, 0) is 19.1 Å². The number of rotatable bonds is 3. The molecule has 0 fully saturated rings. The second-order valence-electron chi connectivity index (χ2n) is 3.31. The number of halogens is 2. The molecule has 1 amide bonds. The number of hydrogen-bond donors (Lipinski definition) is 1. The first-order chi connectivity index (χ1) is 8.51. The van der Waals surface area contributed by atoms with E-state index in [0.717, 1.165) is 23.1 Å². The lowest BCUT2D eigenvalue weighted by molar-refractivity contribution is 0.168. The summed E-state index contributed by atoms with van der Waals surface area (Å²) < 4.78 is 26.4. The second-order valence-corrected chi connectivity index (χ2v) is 3.31. The van der Waals surface area contributed by atoms with Gasteiger partial charge in [-0.15, -0.1) is 0 Å². The molecule has 1 aromatic rings. The van der Waals surface area contributed by atoms with E-state index in [1.165, 1.54) is 0 Å². The molecule has 4 nitrogen and oxygen atoms in total. The van der Waals surface area contributed by atoms with Crippen LogP contribution >= 0.6 is 0 Å². The van der Waals surface area contributed by atoms with Gasteiger partial charge in [0.15, 0.2) is 0 Å². The van der Waals surface area contributed by atoms with Crippen molar-refractivity contribution in [1.82, 2.24) is 4.90 Å². The van der Waals surface area contributed by atoms with Crippen LogP contribution in [-0.4, -0.2) is 22.6 Å². The standard InChI is InChI=1S/C12H10F2N2O2/c1-2-16(12(17)18)11(5-6-15)9-4-3-8(13)7-10(9)14/h3-5,7H,2H2,1H3,(H,17,18). The molecule has 0 radical (unpaired) electrons. The highest BCUT2D eigenvalue weighted by Crippen LogP contribution is 2.22. The number of allylic oxidation sites excluding steroid dienone is 1. The molecule has 18 heavy (non-hydrogen) atoms. The van der Waals surface area contributed by atoms with Crippen LogP contribution in [0.4, 0.5) is 13.6 Å². The maximum absolute atomic E-state index is 13.6. The van der Waals surface area contributed by atoms with E-state index in [2.05, 4.69) is 0 Å². The van der Waals surface area contributed by atoms with E-state index in [4.69, 9.17) is 10.4 Å². The topological polar surface area (TPSA) is 64.3 Å². The summed E-state index contributed by atoms with van der Waals surface area (Å²) in [7, 11) is 0. The van der Waals surface area contributed by atoms with Gasteiger partial charge in [0, 0.05) is 24.3 Å². The molecule has 0 aliphatic rings. The van der Waals surface area contributed by atoms with Gasteiger partial charge in [-0.3, -0.25) is 4.90 Å². The third kappa shape index (κ3) is 2.83. The minimum atomic E-state index is -1.32. The highest BCUT2D eigenvalue weighted by atomic mass is 19.1. The lowest BCUT2D eigenvalue weighted by Crippen LogP contribution is -2.28. The van der Waals surface area contributed by atoms with Gasteiger partial charge in [-0.1, -0.05) is 0 Å². The van der Waals surface area contributed by atoms with Crippen molar-refractivity contribution in [1.29, 1.82) is 5.26 Å². The number of carbonyl (C=O) groups is 1.